The van der Waals surface area contributed by atoms with E-state index >= 15 is 0 Å². The van der Waals surface area contributed by atoms with Crippen molar-refractivity contribution in [3.8, 4) is 6.07 Å². The molecule has 0 aliphatic heterocycles. The number of hydrogen-bond donors (Lipinski definition) is 1. The maximum Gasteiger partial charge on any atom is 0.0679 e. The van der Waals surface area contributed by atoms with Gasteiger partial charge in [-0.05, 0) is 29.9 Å². The molecule has 0 fully saturated rings. The van der Waals surface area contributed by atoms with E-state index in [1.807, 2.05) is 32.2 Å². The van der Waals surface area contributed by atoms with Crippen LogP contribution in [0.15, 0.2) is 29.2 Å². The highest BCUT2D eigenvalue weighted by atomic mass is 32.2. The summed E-state index contributed by atoms with van der Waals surface area (Å²) in [7, 11) is 0. The van der Waals surface area contributed by atoms with Crippen LogP contribution >= 0.6 is 11.8 Å². The van der Waals surface area contributed by atoms with Crippen LogP contribution in [-0.4, -0.2) is 6.26 Å². The first-order valence-corrected chi connectivity index (χ1v) is 6.61. The van der Waals surface area contributed by atoms with Crippen molar-refractivity contribution in [3.63, 3.8) is 0 Å². The van der Waals surface area contributed by atoms with Crippen molar-refractivity contribution in [2.75, 3.05) is 6.26 Å². The third-order valence-corrected chi connectivity index (χ3v) is 3.50. The van der Waals surface area contributed by atoms with Gasteiger partial charge in [-0.25, -0.2) is 0 Å². The number of benzene rings is 1. The minimum absolute atomic E-state index is 0.125. The van der Waals surface area contributed by atoms with E-state index in [1.165, 1.54) is 4.90 Å². The molecule has 0 amide bonds. The van der Waals surface area contributed by atoms with Gasteiger partial charge in [-0.1, -0.05) is 26.0 Å². The minimum atomic E-state index is -0.194. The summed E-state index contributed by atoms with van der Waals surface area (Å²) in [6.45, 7) is 4.06. The second-order valence-corrected chi connectivity index (χ2v) is 5.08. The molecule has 2 unspecified atom stereocenters. The summed E-state index contributed by atoms with van der Waals surface area (Å²) in [4.78, 5) is 1.22. The average molecular weight is 234 g/mol. The predicted molar refractivity (Wildman–Crippen MR) is 69.1 cm³/mol. The number of rotatable bonds is 4. The zero-order chi connectivity index (χ0) is 12.1. The molecule has 1 aromatic rings. The first-order chi connectivity index (χ1) is 7.60. The van der Waals surface area contributed by atoms with E-state index in [2.05, 4.69) is 18.2 Å². The monoisotopic (exact) mass is 234 g/mol. The molecule has 2 nitrogen and oxygen atoms in total. The van der Waals surface area contributed by atoms with Crippen molar-refractivity contribution in [2.45, 2.75) is 24.8 Å². The van der Waals surface area contributed by atoms with Gasteiger partial charge in [0.2, 0.25) is 0 Å². The Kier molecular flexibility index (Phi) is 4.85. The van der Waals surface area contributed by atoms with Gasteiger partial charge in [-0.15, -0.1) is 11.8 Å². The molecular weight excluding hydrogens is 216 g/mol. The molecule has 86 valence electrons. The van der Waals surface area contributed by atoms with E-state index in [4.69, 9.17) is 11.0 Å². The van der Waals surface area contributed by atoms with Crippen molar-refractivity contribution in [2.24, 2.45) is 17.6 Å². The van der Waals surface area contributed by atoms with Gasteiger partial charge in [0.1, 0.15) is 0 Å². The van der Waals surface area contributed by atoms with E-state index in [0.717, 1.165) is 5.56 Å². The lowest BCUT2D eigenvalue weighted by molar-refractivity contribution is 0.403. The lowest BCUT2D eigenvalue weighted by Crippen LogP contribution is -2.24. The highest BCUT2D eigenvalue weighted by Gasteiger charge is 2.22. The molecule has 3 heteroatoms. The molecule has 0 heterocycles. The zero-order valence-corrected chi connectivity index (χ0v) is 10.8. The van der Waals surface area contributed by atoms with Gasteiger partial charge in [0.25, 0.3) is 0 Å². The third-order valence-electron chi connectivity index (χ3n) is 2.75. The van der Waals surface area contributed by atoms with Crippen molar-refractivity contribution in [3.05, 3.63) is 29.8 Å². The quantitative estimate of drug-likeness (QED) is 0.814. The normalized spacial score (nSPS) is 14.5. The predicted octanol–water partition coefficient (Wildman–Crippen LogP) is 3.20. The lowest BCUT2D eigenvalue weighted by atomic mass is 9.86. The van der Waals surface area contributed by atoms with Crippen LogP contribution < -0.4 is 5.73 Å². The van der Waals surface area contributed by atoms with Crippen LogP contribution in [0.2, 0.25) is 0 Å². The molecule has 0 aliphatic rings. The van der Waals surface area contributed by atoms with Gasteiger partial charge in [0, 0.05) is 10.9 Å². The summed E-state index contributed by atoms with van der Waals surface area (Å²) in [5.74, 6) is 0.153. The van der Waals surface area contributed by atoms with Crippen LogP contribution in [0.4, 0.5) is 0 Å². The zero-order valence-electron chi connectivity index (χ0n) is 9.97. The van der Waals surface area contributed by atoms with Crippen molar-refractivity contribution < 1.29 is 0 Å². The molecule has 2 atom stereocenters. The van der Waals surface area contributed by atoms with Crippen LogP contribution in [0.3, 0.4) is 0 Å². The molecule has 0 aliphatic carbocycles. The lowest BCUT2D eigenvalue weighted by Gasteiger charge is -2.21. The van der Waals surface area contributed by atoms with E-state index in [0.29, 0.717) is 0 Å². The Hall–Kier alpha value is -0.980. The second-order valence-electron chi connectivity index (χ2n) is 4.20. The van der Waals surface area contributed by atoms with Gasteiger partial charge in [0.05, 0.1) is 12.0 Å². The molecule has 16 heavy (non-hydrogen) atoms. The Labute approximate surface area is 102 Å². The molecule has 0 saturated heterocycles. The smallest absolute Gasteiger partial charge is 0.0679 e. The molecule has 1 aromatic carbocycles. The Morgan fingerprint density at radius 2 is 1.81 bits per heavy atom. The molecule has 2 N–H and O–H groups in total. The highest BCUT2D eigenvalue weighted by Crippen LogP contribution is 2.26. The van der Waals surface area contributed by atoms with Crippen LogP contribution in [0.1, 0.15) is 25.5 Å². The number of hydrogen-bond acceptors (Lipinski definition) is 3. The first kappa shape index (κ1) is 13.1. The van der Waals surface area contributed by atoms with Gasteiger partial charge >= 0.3 is 0 Å². The van der Waals surface area contributed by atoms with Gasteiger partial charge < -0.3 is 5.73 Å². The summed E-state index contributed by atoms with van der Waals surface area (Å²) in [5.41, 5.74) is 7.15. The van der Waals surface area contributed by atoms with Gasteiger partial charge in [-0.3, -0.25) is 0 Å². The summed E-state index contributed by atoms with van der Waals surface area (Å²) in [6.07, 6.45) is 2.04. The number of nitriles is 1. The summed E-state index contributed by atoms with van der Waals surface area (Å²) >= 11 is 1.70. The summed E-state index contributed by atoms with van der Waals surface area (Å²) in [5, 5.41) is 9.09. The van der Waals surface area contributed by atoms with E-state index in [9.17, 15) is 0 Å². The largest absolute Gasteiger partial charge is 0.323 e. The van der Waals surface area contributed by atoms with E-state index in [1.54, 1.807) is 11.8 Å². The van der Waals surface area contributed by atoms with Crippen molar-refractivity contribution in [1.82, 2.24) is 0 Å². The van der Waals surface area contributed by atoms with Crippen LogP contribution in [0.25, 0.3) is 0 Å². The van der Waals surface area contributed by atoms with Crippen molar-refractivity contribution in [1.29, 1.82) is 5.26 Å². The molecular formula is C13H18N2S. The van der Waals surface area contributed by atoms with Crippen LogP contribution in [0, 0.1) is 23.2 Å². The summed E-state index contributed by atoms with van der Waals surface area (Å²) < 4.78 is 0. The second kappa shape index (κ2) is 5.93. The maximum absolute atomic E-state index is 9.09. The molecule has 0 aromatic heterocycles. The molecule has 0 radical (unpaired) electrons. The fourth-order valence-corrected chi connectivity index (χ4v) is 2.09. The van der Waals surface area contributed by atoms with E-state index in [-0.39, 0.29) is 17.9 Å². The molecule has 1 rings (SSSR count). The van der Waals surface area contributed by atoms with Crippen molar-refractivity contribution >= 4 is 11.8 Å². The van der Waals surface area contributed by atoms with Crippen LogP contribution in [0.5, 0.6) is 0 Å². The average Bonchev–Trinajstić information content (AvgIpc) is 2.29. The minimum Gasteiger partial charge on any atom is -0.323 e. The topological polar surface area (TPSA) is 49.8 Å². The Bertz CT molecular complexity index is 365. The van der Waals surface area contributed by atoms with Gasteiger partial charge in [-0.2, -0.15) is 5.26 Å². The number of nitrogens with zero attached hydrogens (tertiary/aromatic N) is 1. The summed E-state index contributed by atoms with van der Waals surface area (Å²) in [6, 6.07) is 10.2. The third kappa shape index (κ3) is 3.01. The SMILES string of the molecule is CSc1ccc(C(N)C(C#N)C(C)C)cc1. The Morgan fingerprint density at radius 3 is 2.19 bits per heavy atom. The Morgan fingerprint density at radius 1 is 1.25 bits per heavy atom. The molecule has 0 spiro atoms. The molecule has 0 saturated carbocycles. The highest BCUT2D eigenvalue weighted by molar-refractivity contribution is 7.98. The van der Waals surface area contributed by atoms with E-state index < -0.39 is 0 Å². The fraction of sp³-hybridized carbons (Fsp3) is 0.462. The Balaban J connectivity index is 2.87. The number of nitrogens with two attached hydrogens (primary N) is 1. The molecule has 0 bridgehead atoms. The first-order valence-electron chi connectivity index (χ1n) is 5.39. The van der Waals surface area contributed by atoms with Crippen LogP contribution in [-0.2, 0) is 0 Å². The number of thioether (sulfide) groups is 1. The fourth-order valence-electron chi connectivity index (χ4n) is 1.68. The van der Waals surface area contributed by atoms with Gasteiger partial charge in [0.15, 0.2) is 0 Å². The maximum atomic E-state index is 9.09. The standard InChI is InChI=1S/C13H18N2S/c1-9(2)12(8-14)13(15)10-4-6-11(16-3)7-5-10/h4-7,9,12-13H,15H2,1-3H3.